The van der Waals surface area contributed by atoms with Crippen LogP contribution in [0.3, 0.4) is 0 Å². The Hall–Kier alpha value is -2.22. The van der Waals surface area contributed by atoms with Crippen molar-refractivity contribution in [1.29, 1.82) is 0 Å². The molecule has 1 amide bonds. The molecule has 1 N–H and O–H groups in total. The van der Waals surface area contributed by atoms with E-state index in [2.05, 4.69) is 40.9 Å². The van der Waals surface area contributed by atoms with Crippen LogP contribution < -0.4 is 5.32 Å². The van der Waals surface area contributed by atoms with E-state index in [0.717, 1.165) is 29.9 Å². The molecule has 0 aromatic carbocycles. The number of hydrogen-bond donors (Lipinski definition) is 1. The van der Waals surface area contributed by atoms with E-state index in [-0.39, 0.29) is 11.4 Å². The number of carbonyl (C=O) groups is 2. The Bertz CT molecular complexity index is 784. The monoisotopic (exact) mass is 348 g/mol. The molecule has 0 atom stereocenters. The van der Waals surface area contributed by atoms with Crippen molar-refractivity contribution in [3.8, 4) is 0 Å². The molecule has 0 bridgehead atoms. The summed E-state index contributed by atoms with van der Waals surface area (Å²) in [6.45, 7) is 6.20. The Balaban J connectivity index is 1.80. The number of rotatable bonds is 4. The molecular weight excluding hydrogens is 328 g/mol. The van der Waals surface area contributed by atoms with Gasteiger partial charge in [0.2, 0.25) is 0 Å². The van der Waals surface area contributed by atoms with Crippen molar-refractivity contribution in [2.75, 3.05) is 12.4 Å². The highest BCUT2D eigenvalue weighted by atomic mass is 32.1. The van der Waals surface area contributed by atoms with Gasteiger partial charge in [0.1, 0.15) is 4.88 Å². The number of nitrogens with zero attached hydrogens (tertiary/aromatic N) is 3. The first kappa shape index (κ1) is 16.6. The third-order valence-electron chi connectivity index (χ3n) is 3.71. The molecule has 7 nitrogen and oxygen atoms in total. The van der Waals surface area contributed by atoms with Crippen molar-refractivity contribution in [1.82, 2.24) is 14.8 Å². The summed E-state index contributed by atoms with van der Waals surface area (Å²) in [7, 11) is 1.30. The van der Waals surface area contributed by atoms with Gasteiger partial charge in [0, 0.05) is 11.6 Å². The van der Waals surface area contributed by atoms with Crippen molar-refractivity contribution < 1.29 is 14.3 Å². The van der Waals surface area contributed by atoms with Gasteiger partial charge >= 0.3 is 5.97 Å². The second-order valence-corrected chi connectivity index (χ2v) is 7.82. The molecule has 2 aromatic rings. The number of amides is 1. The van der Waals surface area contributed by atoms with Crippen molar-refractivity contribution in [2.45, 2.75) is 45.1 Å². The van der Waals surface area contributed by atoms with Crippen LogP contribution in [-0.4, -0.2) is 33.8 Å². The van der Waals surface area contributed by atoms with Crippen molar-refractivity contribution >= 4 is 28.3 Å². The zero-order valence-electron chi connectivity index (χ0n) is 14.1. The molecule has 24 heavy (non-hydrogen) atoms. The van der Waals surface area contributed by atoms with Gasteiger partial charge in [-0.25, -0.2) is 9.78 Å². The van der Waals surface area contributed by atoms with Crippen LogP contribution in [0.1, 0.15) is 65.4 Å². The lowest BCUT2D eigenvalue weighted by Gasteiger charge is -2.22. The maximum Gasteiger partial charge on any atom is 0.349 e. The highest BCUT2D eigenvalue weighted by Gasteiger charge is 2.32. The van der Waals surface area contributed by atoms with Gasteiger partial charge in [0.25, 0.3) is 5.91 Å². The van der Waals surface area contributed by atoms with Crippen molar-refractivity contribution in [3.05, 3.63) is 28.5 Å². The van der Waals surface area contributed by atoms with E-state index in [0.29, 0.717) is 21.6 Å². The fourth-order valence-corrected chi connectivity index (χ4v) is 3.13. The van der Waals surface area contributed by atoms with E-state index < -0.39 is 5.97 Å². The summed E-state index contributed by atoms with van der Waals surface area (Å²) in [5.41, 5.74) is 1.28. The minimum absolute atomic E-state index is 0.185. The van der Waals surface area contributed by atoms with Gasteiger partial charge in [-0.3, -0.25) is 14.8 Å². The quantitative estimate of drug-likeness (QED) is 0.858. The third kappa shape index (κ3) is 3.33. The van der Waals surface area contributed by atoms with Gasteiger partial charge in [-0.05, 0) is 39.7 Å². The standard InChI is InChI=1S/C16H20N4O3S/c1-16(2,3)20-11(9-5-6-9)7-10(19-20)13(21)18-15-17-8-12(24-15)14(22)23-4/h7-9H,5-6H2,1-4H3,(H,17,18,21). The fourth-order valence-electron chi connectivity index (χ4n) is 2.40. The average molecular weight is 348 g/mol. The number of aromatic nitrogens is 3. The van der Waals surface area contributed by atoms with Crippen LogP contribution >= 0.6 is 11.3 Å². The minimum atomic E-state index is -0.471. The Morgan fingerprint density at radius 2 is 2.08 bits per heavy atom. The molecule has 1 fully saturated rings. The minimum Gasteiger partial charge on any atom is -0.465 e. The smallest absolute Gasteiger partial charge is 0.349 e. The lowest BCUT2D eigenvalue weighted by atomic mass is 10.1. The molecule has 0 radical (unpaired) electrons. The number of nitrogens with one attached hydrogen (secondary N) is 1. The summed E-state index contributed by atoms with van der Waals surface area (Å²) >= 11 is 1.07. The predicted molar refractivity (Wildman–Crippen MR) is 90.6 cm³/mol. The Morgan fingerprint density at radius 1 is 1.38 bits per heavy atom. The van der Waals surface area contributed by atoms with Crippen LogP contribution in [-0.2, 0) is 10.3 Å². The van der Waals surface area contributed by atoms with Gasteiger partial charge in [-0.15, -0.1) is 0 Å². The van der Waals surface area contributed by atoms with E-state index in [1.54, 1.807) is 0 Å². The van der Waals surface area contributed by atoms with E-state index in [9.17, 15) is 9.59 Å². The number of hydrogen-bond acceptors (Lipinski definition) is 6. The van der Waals surface area contributed by atoms with Crippen LogP contribution in [0.15, 0.2) is 12.3 Å². The maximum absolute atomic E-state index is 12.5. The zero-order chi connectivity index (χ0) is 17.5. The second-order valence-electron chi connectivity index (χ2n) is 6.79. The normalized spacial score (nSPS) is 14.5. The molecule has 0 saturated heterocycles. The van der Waals surface area contributed by atoms with Gasteiger partial charge in [0.15, 0.2) is 10.8 Å². The summed E-state index contributed by atoms with van der Waals surface area (Å²) in [6.07, 6.45) is 3.66. The van der Waals surface area contributed by atoms with Crippen LogP contribution in [0.25, 0.3) is 0 Å². The highest BCUT2D eigenvalue weighted by molar-refractivity contribution is 7.17. The van der Waals surface area contributed by atoms with E-state index in [1.165, 1.54) is 13.3 Å². The largest absolute Gasteiger partial charge is 0.465 e. The van der Waals surface area contributed by atoms with Crippen molar-refractivity contribution in [2.24, 2.45) is 0 Å². The summed E-state index contributed by atoms with van der Waals surface area (Å²) in [5.74, 6) is -0.309. The number of anilines is 1. The predicted octanol–water partition coefficient (Wildman–Crippen LogP) is 3.01. The first-order valence-corrected chi connectivity index (χ1v) is 8.57. The molecule has 2 heterocycles. The first-order chi connectivity index (χ1) is 11.3. The van der Waals surface area contributed by atoms with Gasteiger partial charge in [-0.1, -0.05) is 11.3 Å². The van der Waals surface area contributed by atoms with Crippen molar-refractivity contribution in [3.63, 3.8) is 0 Å². The molecule has 3 rings (SSSR count). The number of thiazole rings is 1. The van der Waals surface area contributed by atoms with Crippen LogP contribution in [0.2, 0.25) is 0 Å². The maximum atomic E-state index is 12.5. The number of methoxy groups -OCH3 is 1. The Kier molecular flexibility index (Phi) is 4.16. The SMILES string of the molecule is COC(=O)c1cnc(NC(=O)c2cc(C3CC3)n(C(C)(C)C)n2)s1. The Labute approximate surface area is 144 Å². The van der Waals surface area contributed by atoms with Crippen LogP contribution in [0, 0.1) is 0 Å². The number of ether oxygens (including phenoxy) is 1. The van der Waals surface area contributed by atoms with E-state index in [1.807, 2.05) is 10.7 Å². The summed E-state index contributed by atoms with van der Waals surface area (Å²) < 4.78 is 6.56. The molecule has 2 aromatic heterocycles. The summed E-state index contributed by atoms with van der Waals surface area (Å²) in [5, 5.41) is 7.53. The van der Waals surface area contributed by atoms with Crippen LogP contribution in [0.4, 0.5) is 5.13 Å². The molecule has 0 spiro atoms. The molecule has 1 aliphatic carbocycles. The number of esters is 1. The second kappa shape index (κ2) is 6.01. The third-order valence-corrected chi connectivity index (χ3v) is 4.61. The van der Waals surface area contributed by atoms with E-state index >= 15 is 0 Å². The molecule has 1 aliphatic rings. The van der Waals surface area contributed by atoms with E-state index in [4.69, 9.17) is 0 Å². The topological polar surface area (TPSA) is 86.1 Å². The first-order valence-electron chi connectivity index (χ1n) is 7.75. The molecule has 1 saturated carbocycles. The lowest BCUT2D eigenvalue weighted by Crippen LogP contribution is -2.25. The van der Waals surface area contributed by atoms with Gasteiger partial charge < -0.3 is 4.74 Å². The van der Waals surface area contributed by atoms with Gasteiger partial charge in [0.05, 0.1) is 18.8 Å². The molecule has 8 heteroatoms. The van der Waals surface area contributed by atoms with Gasteiger partial charge in [-0.2, -0.15) is 5.10 Å². The summed E-state index contributed by atoms with van der Waals surface area (Å²) in [4.78, 5) is 28.3. The summed E-state index contributed by atoms with van der Waals surface area (Å²) in [6, 6.07) is 1.85. The Morgan fingerprint density at radius 3 is 2.67 bits per heavy atom. The number of carbonyl (C=O) groups excluding carboxylic acids is 2. The average Bonchev–Trinajstić information content (AvgIpc) is 3.08. The molecular formula is C16H20N4O3S. The zero-order valence-corrected chi connectivity index (χ0v) is 14.9. The molecule has 0 unspecified atom stereocenters. The highest BCUT2D eigenvalue weighted by Crippen LogP contribution is 2.41. The fraction of sp³-hybridized carbons (Fsp3) is 0.500. The lowest BCUT2D eigenvalue weighted by molar-refractivity contribution is 0.0606. The molecule has 128 valence electrons. The molecule has 0 aliphatic heterocycles. The van der Waals surface area contributed by atoms with Crippen LogP contribution in [0.5, 0.6) is 0 Å².